The van der Waals surface area contributed by atoms with E-state index in [-0.39, 0.29) is 18.0 Å². The number of furan rings is 1. The van der Waals surface area contributed by atoms with Crippen molar-refractivity contribution < 1.29 is 28.6 Å². The number of hydrogen-bond donors (Lipinski definition) is 1. The van der Waals surface area contributed by atoms with Crippen LogP contribution in [0, 0.1) is 0 Å². The van der Waals surface area contributed by atoms with Gasteiger partial charge in [-0.25, -0.2) is 4.79 Å². The second-order valence-corrected chi connectivity index (χ2v) is 5.47. The number of ether oxygens (including phenoxy) is 2. The predicted molar refractivity (Wildman–Crippen MR) is 90.5 cm³/mol. The zero-order chi connectivity index (χ0) is 18.0. The van der Waals surface area contributed by atoms with Gasteiger partial charge in [-0.2, -0.15) is 0 Å². The lowest BCUT2D eigenvalue weighted by Crippen LogP contribution is -2.03. The topological polar surface area (TPSA) is 86.0 Å². The van der Waals surface area contributed by atoms with Crippen LogP contribution in [0.2, 0.25) is 0 Å². The maximum atomic E-state index is 11.9. The Morgan fingerprint density at radius 3 is 2.68 bits per heavy atom. The number of carboxylic acids is 1. The van der Waals surface area contributed by atoms with Gasteiger partial charge in [-0.05, 0) is 36.8 Å². The third-order valence-corrected chi connectivity index (χ3v) is 3.81. The van der Waals surface area contributed by atoms with Crippen molar-refractivity contribution in [2.45, 2.75) is 13.5 Å². The van der Waals surface area contributed by atoms with Crippen LogP contribution in [0.1, 0.15) is 33.2 Å². The maximum absolute atomic E-state index is 11.9. The van der Waals surface area contributed by atoms with E-state index < -0.39 is 5.97 Å². The van der Waals surface area contributed by atoms with Crippen LogP contribution >= 0.6 is 0 Å². The molecule has 0 aliphatic heterocycles. The van der Waals surface area contributed by atoms with Crippen LogP contribution in [0.4, 0.5) is 0 Å². The van der Waals surface area contributed by atoms with E-state index in [1.807, 2.05) is 0 Å². The molecule has 0 aliphatic rings. The van der Waals surface area contributed by atoms with Gasteiger partial charge in [-0.3, -0.25) is 4.79 Å². The lowest BCUT2D eigenvalue weighted by atomic mass is 10.1. The minimum absolute atomic E-state index is 0.139. The smallest absolute Gasteiger partial charge is 0.335 e. The van der Waals surface area contributed by atoms with E-state index in [1.54, 1.807) is 24.3 Å². The van der Waals surface area contributed by atoms with Crippen LogP contribution in [-0.2, 0) is 6.61 Å². The number of aromatic carboxylic acids is 1. The number of ketones is 1. The van der Waals surface area contributed by atoms with Crippen LogP contribution < -0.4 is 9.47 Å². The van der Waals surface area contributed by atoms with E-state index in [2.05, 4.69) is 0 Å². The van der Waals surface area contributed by atoms with Gasteiger partial charge < -0.3 is 19.0 Å². The fourth-order valence-corrected chi connectivity index (χ4v) is 2.63. The summed E-state index contributed by atoms with van der Waals surface area (Å²) in [5.74, 6) is -0.320. The summed E-state index contributed by atoms with van der Waals surface area (Å²) in [6.45, 7) is 1.59. The molecule has 2 aromatic carbocycles. The first-order valence-corrected chi connectivity index (χ1v) is 7.55. The Balaban J connectivity index is 1.96. The molecule has 0 aliphatic carbocycles. The average Bonchev–Trinajstić information content (AvgIpc) is 3.08. The maximum Gasteiger partial charge on any atom is 0.335 e. The number of rotatable bonds is 6. The lowest BCUT2D eigenvalue weighted by molar-refractivity contribution is 0.0696. The third-order valence-electron chi connectivity index (χ3n) is 3.81. The minimum atomic E-state index is -1.00. The molecule has 0 spiro atoms. The third kappa shape index (κ3) is 3.19. The van der Waals surface area contributed by atoms with Gasteiger partial charge in [-0.1, -0.05) is 12.1 Å². The first kappa shape index (κ1) is 16.6. The summed E-state index contributed by atoms with van der Waals surface area (Å²) < 4.78 is 16.6. The Bertz CT molecular complexity index is 954. The van der Waals surface area contributed by atoms with Gasteiger partial charge in [-0.15, -0.1) is 0 Å². The number of carbonyl (C=O) groups is 2. The van der Waals surface area contributed by atoms with Crippen LogP contribution in [0.3, 0.4) is 0 Å². The number of Topliss-reactive ketones (excluding diaryl/α,β-unsaturated/α-hetero) is 1. The molecule has 1 heterocycles. The molecule has 128 valence electrons. The number of carboxylic acid groups (broad SMARTS) is 1. The summed E-state index contributed by atoms with van der Waals surface area (Å²) in [7, 11) is 1.49. The van der Waals surface area contributed by atoms with E-state index in [1.165, 1.54) is 32.4 Å². The molecule has 0 amide bonds. The molecule has 6 heteroatoms. The van der Waals surface area contributed by atoms with Crippen molar-refractivity contribution in [3.8, 4) is 11.5 Å². The molecule has 25 heavy (non-hydrogen) atoms. The molecule has 6 nitrogen and oxygen atoms in total. The van der Waals surface area contributed by atoms with E-state index in [0.29, 0.717) is 33.6 Å². The summed E-state index contributed by atoms with van der Waals surface area (Å²) in [6, 6.07) is 9.75. The largest absolute Gasteiger partial charge is 0.495 e. The summed E-state index contributed by atoms with van der Waals surface area (Å²) in [6.07, 6.45) is 1.50. The minimum Gasteiger partial charge on any atom is -0.495 e. The molecule has 3 aromatic rings. The van der Waals surface area contributed by atoms with E-state index in [4.69, 9.17) is 19.0 Å². The van der Waals surface area contributed by atoms with Crippen molar-refractivity contribution in [2.75, 3.05) is 7.11 Å². The molecule has 0 bridgehead atoms. The van der Waals surface area contributed by atoms with Gasteiger partial charge in [0.2, 0.25) is 0 Å². The molecule has 1 N–H and O–H groups in total. The van der Waals surface area contributed by atoms with E-state index in [0.717, 1.165) is 0 Å². The SMILES string of the molecule is COc1c(C(C)=O)cc(OCc2cccc(C(=O)O)c2)c2occc12. The fourth-order valence-electron chi connectivity index (χ4n) is 2.63. The lowest BCUT2D eigenvalue weighted by Gasteiger charge is -2.12. The molecule has 0 saturated carbocycles. The van der Waals surface area contributed by atoms with Crippen LogP contribution in [0.25, 0.3) is 11.0 Å². The van der Waals surface area contributed by atoms with Gasteiger partial charge in [0.1, 0.15) is 12.4 Å². The van der Waals surface area contributed by atoms with Crippen molar-refractivity contribution in [1.82, 2.24) is 0 Å². The molecule has 0 saturated heterocycles. The molecular weight excluding hydrogens is 324 g/mol. The van der Waals surface area contributed by atoms with Crippen molar-refractivity contribution >= 4 is 22.7 Å². The number of fused-ring (bicyclic) bond motifs is 1. The summed E-state index contributed by atoms with van der Waals surface area (Å²) in [5, 5.41) is 9.70. The van der Waals surface area contributed by atoms with Crippen molar-refractivity contribution in [3.63, 3.8) is 0 Å². The van der Waals surface area contributed by atoms with Crippen molar-refractivity contribution in [1.29, 1.82) is 0 Å². The average molecular weight is 340 g/mol. The standard InChI is InChI=1S/C19H16O6/c1-11(20)15-9-16(18-14(6-7-24-18)17(15)23-2)25-10-12-4-3-5-13(8-12)19(21)22/h3-9H,10H2,1-2H3,(H,21,22). The van der Waals surface area contributed by atoms with Crippen molar-refractivity contribution in [3.05, 3.63) is 59.4 Å². The van der Waals surface area contributed by atoms with Crippen LogP contribution in [-0.4, -0.2) is 24.0 Å². The highest BCUT2D eigenvalue weighted by atomic mass is 16.5. The highest BCUT2D eigenvalue weighted by Gasteiger charge is 2.19. The van der Waals surface area contributed by atoms with E-state index in [9.17, 15) is 9.59 Å². The molecule has 1 aromatic heterocycles. The first-order valence-electron chi connectivity index (χ1n) is 7.55. The molecular formula is C19H16O6. The Morgan fingerprint density at radius 2 is 2.00 bits per heavy atom. The normalized spacial score (nSPS) is 10.6. The molecule has 0 atom stereocenters. The fraction of sp³-hybridized carbons (Fsp3) is 0.158. The van der Waals surface area contributed by atoms with Crippen LogP contribution in [0.15, 0.2) is 47.1 Å². The highest BCUT2D eigenvalue weighted by molar-refractivity contribution is 6.04. The number of methoxy groups -OCH3 is 1. The monoisotopic (exact) mass is 340 g/mol. The zero-order valence-electron chi connectivity index (χ0n) is 13.7. The van der Waals surface area contributed by atoms with Crippen LogP contribution in [0.5, 0.6) is 11.5 Å². The van der Waals surface area contributed by atoms with Gasteiger partial charge in [0.25, 0.3) is 0 Å². The molecule has 0 radical (unpaired) electrons. The highest BCUT2D eigenvalue weighted by Crippen LogP contribution is 2.38. The van der Waals surface area contributed by atoms with Gasteiger partial charge >= 0.3 is 5.97 Å². The summed E-state index contributed by atoms with van der Waals surface area (Å²) in [5.41, 5.74) is 1.74. The molecule has 0 unspecified atom stereocenters. The number of benzene rings is 2. The first-order chi connectivity index (χ1) is 12.0. The van der Waals surface area contributed by atoms with E-state index >= 15 is 0 Å². The second kappa shape index (κ2) is 6.68. The quantitative estimate of drug-likeness (QED) is 0.685. The summed E-state index contributed by atoms with van der Waals surface area (Å²) >= 11 is 0. The van der Waals surface area contributed by atoms with Gasteiger partial charge in [0, 0.05) is 0 Å². The Kier molecular flexibility index (Phi) is 4.43. The van der Waals surface area contributed by atoms with Crippen molar-refractivity contribution in [2.24, 2.45) is 0 Å². The number of carbonyl (C=O) groups excluding carboxylic acids is 1. The molecule has 3 rings (SSSR count). The predicted octanol–water partition coefficient (Wildman–Crippen LogP) is 3.92. The Morgan fingerprint density at radius 1 is 1.20 bits per heavy atom. The summed E-state index contributed by atoms with van der Waals surface area (Å²) in [4.78, 5) is 23.0. The second-order valence-electron chi connectivity index (χ2n) is 5.47. The van der Waals surface area contributed by atoms with Gasteiger partial charge in [0.15, 0.2) is 17.1 Å². The zero-order valence-corrected chi connectivity index (χ0v) is 13.7. The molecule has 0 fully saturated rings. The van der Waals surface area contributed by atoms with Gasteiger partial charge in [0.05, 0.1) is 29.9 Å². The Hall–Kier alpha value is -3.28. The Labute approximate surface area is 143 Å². The number of hydrogen-bond acceptors (Lipinski definition) is 5.